The van der Waals surface area contributed by atoms with Crippen molar-refractivity contribution in [2.45, 2.75) is 13.3 Å². The van der Waals surface area contributed by atoms with Gasteiger partial charge in [0.2, 0.25) is 0 Å². The second-order valence-electron chi connectivity index (χ2n) is 3.65. The Balaban J connectivity index is 2.36. The van der Waals surface area contributed by atoms with E-state index >= 15 is 0 Å². The highest BCUT2D eigenvalue weighted by Gasteiger charge is 2.03. The fraction of sp³-hybridized carbons (Fsp3) is 0.167. The molecule has 0 fully saturated rings. The highest BCUT2D eigenvalue weighted by Crippen LogP contribution is 2.13. The van der Waals surface area contributed by atoms with E-state index in [1.807, 2.05) is 35.8 Å². The fourth-order valence-corrected chi connectivity index (χ4v) is 1.62. The molecular formula is C12H12N2O2. The van der Waals surface area contributed by atoms with Crippen LogP contribution in [0.5, 0.6) is 0 Å². The summed E-state index contributed by atoms with van der Waals surface area (Å²) >= 11 is 0. The third-order valence-electron chi connectivity index (χ3n) is 2.37. The lowest BCUT2D eigenvalue weighted by atomic mass is 10.1. The first-order valence-electron chi connectivity index (χ1n) is 4.97. The SMILES string of the molecule is Cc1cncn1-c1cccc(CC(=O)O)c1. The number of carbonyl (C=O) groups is 1. The van der Waals surface area contributed by atoms with E-state index in [1.54, 1.807) is 12.5 Å². The van der Waals surface area contributed by atoms with Gasteiger partial charge in [-0.3, -0.25) is 4.79 Å². The Morgan fingerprint density at radius 1 is 1.50 bits per heavy atom. The lowest BCUT2D eigenvalue weighted by Gasteiger charge is -2.06. The molecule has 0 aliphatic heterocycles. The number of nitrogens with zero attached hydrogens (tertiary/aromatic N) is 2. The van der Waals surface area contributed by atoms with Gasteiger partial charge in [0.25, 0.3) is 0 Å². The molecule has 1 heterocycles. The van der Waals surface area contributed by atoms with E-state index < -0.39 is 5.97 Å². The summed E-state index contributed by atoms with van der Waals surface area (Å²) < 4.78 is 1.92. The third kappa shape index (κ3) is 2.11. The van der Waals surface area contributed by atoms with E-state index in [0.717, 1.165) is 16.9 Å². The van der Waals surface area contributed by atoms with E-state index in [2.05, 4.69) is 4.98 Å². The molecule has 0 saturated carbocycles. The Morgan fingerprint density at radius 3 is 2.94 bits per heavy atom. The van der Waals surface area contributed by atoms with Gasteiger partial charge in [0.15, 0.2) is 0 Å². The smallest absolute Gasteiger partial charge is 0.307 e. The number of aromatic nitrogens is 2. The van der Waals surface area contributed by atoms with Crippen molar-refractivity contribution < 1.29 is 9.90 Å². The summed E-state index contributed by atoms with van der Waals surface area (Å²) in [5, 5.41) is 8.72. The van der Waals surface area contributed by atoms with Crippen molar-refractivity contribution >= 4 is 5.97 Å². The minimum absolute atomic E-state index is 0.0432. The van der Waals surface area contributed by atoms with Gasteiger partial charge >= 0.3 is 5.97 Å². The van der Waals surface area contributed by atoms with Crippen LogP contribution in [-0.2, 0) is 11.2 Å². The van der Waals surface area contributed by atoms with Gasteiger partial charge in [-0.25, -0.2) is 4.98 Å². The summed E-state index contributed by atoms with van der Waals surface area (Å²) in [5.41, 5.74) is 2.75. The Kier molecular flexibility index (Phi) is 2.72. The van der Waals surface area contributed by atoms with Crippen molar-refractivity contribution in [3.8, 4) is 5.69 Å². The van der Waals surface area contributed by atoms with Crippen LogP contribution in [0.4, 0.5) is 0 Å². The maximum atomic E-state index is 10.6. The first-order valence-corrected chi connectivity index (χ1v) is 4.97. The standard InChI is InChI=1S/C12H12N2O2/c1-9-7-13-8-14(9)11-4-2-3-10(5-11)6-12(15)16/h2-5,7-8H,6H2,1H3,(H,15,16). The third-order valence-corrected chi connectivity index (χ3v) is 2.37. The Bertz CT molecular complexity index is 517. The zero-order valence-corrected chi connectivity index (χ0v) is 8.92. The molecule has 0 spiro atoms. The Hall–Kier alpha value is -2.10. The maximum absolute atomic E-state index is 10.6. The molecule has 82 valence electrons. The van der Waals surface area contributed by atoms with Gasteiger partial charge in [0.05, 0.1) is 12.7 Å². The average molecular weight is 216 g/mol. The Morgan fingerprint density at radius 2 is 2.31 bits per heavy atom. The predicted octanol–water partition coefficient (Wildman–Crippen LogP) is 1.81. The van der Waals surface area contributed by atoms with Crippen molar-refractivity contribution in [3.63, 3.8) is 0 Å². The van der Waals surface area contributed by atoms with Crippen molar-refractivity contribution in [1.82, 2.24) is 9.55 Å². The van der Waals surface area contributed by atoms with Crippen molar-refractivity contribution in [3.05, 3.63) is 48.0 Å². The molecule has 0 aliphatic carbocycles. The lowest BCUT2D eigenvalue weighted by molar-refractivity contribution is -0.136. The van der Waals surface area contributed by atoms with E-state index in [0.29, 0.717) is 0 Å². The number of carboxylic acids is 1. The van der Waals surface area contributed by atoms with Crippen LogP contribution in [0.25, 0.3) is 5.69 Å². The summed E-state index contributed by atoms with van der Waals surface area (Å²) in [7, 11) is 0. The summed E-state index contributed by atoms with van der Waals surface area (Å²) in [6.07, 6.45) is 3.53. The van der Waals surface area contributed by atoms with Gasteiger partial charge in [-0.05, 0) is 24.6 Å². The van der Waals surface area contributed by atoms with E-state index in [-0.39, 0.29) is 6.42 Å². The largest absolute Gasteiger partial charge is 0.481 e. The highest BCUT2D eigenvalue weighted by molar-refractivity contribution is 5.70. The normalized spacial score (nSPS) is 10.3. The Labute approximate surface area is 93.2 Å². The molecule has 0 unspecified atom stereocenters. The van der Waals surface area contributed by atoms with Crippen molar-refractivity contribution in [2.24, 2.45) is 0 Å². The second kappa shape index (κ2) is 4.18. The van der Waals surface area contributed by atoms with E-state index in [1.165, 1.54) is 0 Å². The molecule has 1 N–H and O–H groups in total. The van der Waals surface area contributed by atoms with Crippen LogP contribution in [0.2, 0.25) is 0 Å². The molecule has 16 heavy (non-hydrogen) atoms. The molecule has 2 rings (SSSR count). The van der Waals surface area contributed by atoms with Gasteiger partial charge in [0, 0.05) is 17.6 Å². The minimum atomic E-state index is -0.820. The minimum Gasteiger partial charge on any atom is -0.481 e. The van der Waals surface area contributed by atoms with Crippen LogP contribution in [0.15, 0.2) is 36.8 Å². The maximum Gasteiger partial charge on any atom is 0.307 e. The molecule has 0 aliphatic rings. The number of imidazole rings is 1. The monoisotopic (exact) mass is 216 g/mol. The quantitative estimate of drug-likeness (QED) is 0.851. The molecule has 1 aromatic carbocycles. The molecule has 0 radical (unpaired) electrons. The molecule has 4 nitrogen and oxygen atoms in total. The van der Waals surface area contributed by atoms with Gasteiger partial charge in [-0.1, -0.05) is 12.1 Å². The molecule has 0 saturated heterocycles. The topological polar surface area (TPSA) is 55.1 Å². The van der Waals surface area contributed by atoms with Crippen LogP contribution < -0.4 is 0 Å². The van der Waals surface area contributed by atoms with Crippen molar-refractivity contribution in [2.75, 3.05) is 0 Å². The van der Waals surface area contributed by atoms with Crippen LogP contribution >= 0.6 is 0 Å². The second-order valence-corrected chi connectivity index (χ2v) is 3.65. The number of hydrogen-bond acceptors (Lipinski definition) is 2. The van der Waals surface area contributed by atoms with Crippen LogP contribution in [0, 0.1) is 6.92 Å². The first-order chi connectivity index (χ1) is 7.66. The number of rotatable bonds is 3. The van der Waals surface area contributed by atoms with Crippen molar-refractivity contribution in [1.29, 1.82) is 0 Å². The number of carboxylic acid groups (broad SMARTS) is 1. The van der Waals surface area contributed by atoms with Gasteiger partial charge < -0.3 is 9.67 Å². The summed E-state index contributed by atoms with van der Waals surface area (Å²) in [6, 6.07) is 7.46. The van der Waals surface area contributed by atoms with Crippen LogP contribution in [0.3, 0.4) is 0 Å². The fourth-order valence-electron chi connectivity index (χ4n) is 1.62. The molecule has 4 heteroatoms. The van der Waals surface area contributed by atoms with E-state index in [4.69, 9.17) is 5.11 Å². The summed E-state index contributed by atoms with van der Waals surface area (Å²) in [4.78, 5) is 14.6. The number of hydrogen-bond donors (Lipinski definition) is 1. The number of aliphatic carboxylic acids is 1. The predicted molar refractivity (Wildman–Crippen MR) is 59.6 cm³/mol. The lowest BCUT2D eigenvalue weighted by Crippen LogP contribution is -2.01. The zero-order chi connectivity index (χ0) is 11.5. The highest BCUT2D eigenvalue weighted by atomic mass is 16.4. The molecule has 2 aromatic rings. The average Bonchev–Trinajstić information content (AvgIpc) is 2.64. The van der Waals surface area contributed by atoms with Gasteiger partial charge in [-0.2, -0.15) is 0 Å². The summed E-state index contributed by atoms with van der Waals surface area (Å²) in [5.74, 6) is -0.820. The first kappa shape index (κ1) is 10.4. The van der Waals surface area contributed by atoms with Crippen LogP contribution in [-0.4, -0.2) is 20.6 Å². The number of benzene rings is 1. The van der Waals surface area contributed by atoms with Gasteiger partial charge in [0.1, 0.15) is 0 Å². The molecule has 1 aromatic heterocycles. The van der Waals surface area contributed by atoms with Gasteiger partial charge in [-0.15, -0.1) is 0 Å². The zero-order valence-electron chi connectivity index (χ0n) is 8.92. The summed E-state index contributed by atoms with van der Waals surface area (Å²) in [6.45, 7) is 1.96. The van der Waals surface area contributed by atoms with Crippen LogP contribution in [0.1, 0.15) is 11.3 Å². The van der Waals surface area contributed by atoms with E-state index in [9.17, 15) is 4.79 Å². The molecule has 0 bridgehead atoms. The molecular weight excluding hydrogens is 204 g/mol. The number of aryl methyl sites for hydroxylation is 1. The molecule has 0 amide bonds. The molecule has 0 atom stereocenters.